The average molecular weight is 268 g/mol. The van der Waals surface area contributed by atoms with E-state index in [0.29, 0.717) is 5.56 Å². The molecule has 0 fully saturated rings. The Morgan fingerprint density at radius 1 is 1.42 bits per heavy atom. The lowest BCUT2D eigenvalue weighted by Gasteiger charge is -2.13. The molecular weight excluding hydrogens is 252 g/mol. The smallest absolute Gasteiger partial charge is 0.326 e. The van der Waals surface area contributed by atoms with Crippen molar-refractivity contribution in [2.45, 2.75) is 19.4 Å². The predicted octanol–water partition coefficient (Wildman–Crippen LogP) is -0.207. The van der Waals surface area contributed by atoms with E-state index in [-0.39, 0.29) is 24.5 Å². The van der Waals surface area contributed by atoms with Gasteiger partial charge in [-0.2, -0.15) is 0 Å². The van der Waals surface area contributed by atoms with Crippen LogP contribution < -0.4 is 5.32 Å². The molecule has 104 valence electrons. The van der Waals surface area contributed by atoms with Gasteiger partial charge in [0.25, 0.3) is 5.91 Å². The van der Waals surface area contributed by atoms with Crippen LogP contribution >= 0.6 is 0 Å². The van der Waals surface area contributed by atoms with Crippen molar-refractivity contribution in [2.24, 2.45) is 7.05 Å². The molecule has 0 spiro atoms. The van der Waals surface area contributed by atoms with Gasteiger partial charge in [0, 0.05) is 31.8 Å². The van der Waals surface area contributed by atoms with Crippen molar-refractivity contribution < 1.29 is 24.6 Å². The topological polar surface area (TPSA) is 109 Å². The third kappa shape index (κ3) is 3.65. The number of carbonyl (C=O) groups excluding carboxylic acids is 2. The van der Waals surface area contributed by atoms with Gasteiger partial charge in [-0.1, -0.05) is 0 Å². The monoisotopic (exact) mass is 268 g/mol. The van der Waals surface area contributed by atoms with Gasteiger partial charge >= 0.3 is 5.97 Å². The first kappa shape index (κ1) is 14.9. The van der Waals surface area contributed by atoms with Crippen LogP contribution in [0.5, 0.6) is 0 Å². The van der Waals surface area contributed by atoms with Gasteiger partial charge in [0.1, 0.15) is 11.7 Å². The molecule has 0 aliphatic carbocycles. The summed E-state index contributed by atoms with van der Waals surface area (Å²) in [4.78, 5) is 34.0. The van der Waals surface area contributed by atoms with Crippen molar-refractivity contribution in [3.63, 3.8) is 0 Å². The van der Waals surface area contributed by atoms with Crippen LogP contribution in [0.4, 0.5) is 0 Å². The third-order valence-corrected chi connectivity index (χ3v) is 2.67. The first-order chi connectivity index (χ1) is 8.86. The number of hydrogen-bond donors (Lipinski definition) is 3. The number of hydrogen-bond acceptors (Lipinski definition) is 4. The molecule has 7 nitrogen and oxygen atoms in total. The maximum Gasteiger partial charge on any atom is 0.326 e. The number of amides is 1. The molecule has 1 heterocycles. The van der Waals surface area contributed by atoms with Crippen molar-refractivity contribution >= 4 is 17.7 Å². The lowest BCUT2D eigenvalue weighted by Crippen LogP contribution is -2.41. The average Bonchev–Trinajstić information content (AvgIpc) is 2.70. The van der Waals surface area contributed by atoms with Gasteiger partial charge in [-0.3, -0.25) is 9.59 Å². The molecular formula is C12H16N2O5. The van der Waals surface area contributed by atoms with Crippen LogP contribution in [0.25, 0.3) is 0 Å². The molecule has 1 atom stereocenters. The molecule has 0 aliphatic rings. The van der Waals surface area contributed by atoms with Crippen LogP contribution in [-0.2, 0) is 11.8 Å². The summed E-state index contributed by atoms with van der Waals surface area (Å²) in [6.07, 6.45) is 1.42. The Morgan fingerprint density at radius 2 is 2.05 bits per heavy atom. The van der Waals surface area contributed by atoms with Crippen LogP contribution in [0, 0.1) is 0 Å². The van der Waals surface area contributed by atoms with Crippen LogP contribution in [0.3, 0.4) is 0 Å². The minimum absolute atomic E-state index is 0.0783. The number of ketones is 1. The fraction of sp³-hybridized carbons (Fsp3) is 0.417. The van der Waals surface area contributed by atoms with E-state index in [1.807, 2.05) is 0 Å². The first-order valence-electron chi connectivity index (χ1n) is 5.68. The lowest BCUT2D eigenvalue weighted by molar-refractivity contribution is -0.139. The van der Waals surface area contributed by atoms with Gasteiger partial charge < -0.3 is 20.1 Å². The highest BCUT2D eigenvalue weighted by Crippen LogP contribution is 2.08. The Bertz CT molecular complexity index is 506. The summed E-state index contributed by atoms with van der Waals surface area (Å²) in [5, 5.41) is 19.9. The molecule has 7 heteroatoms. The second-order valence-electron chi connectivity index (χ2n) is 4.16. The summed E-state index contributed by atoms with van der Waals surface area (Å²) < 4.78 is 1.45. The summed E-state index contributed by atoms with van der Waals surface area (Å²) in [6.45, 7) is 1.03. The third-order valence-electron chi connectivity index (χ3n) is 2.67. The summed E-state index contributed by atoms with van der Waals surface area (Å²) in [5.41, 5.74) is 0.566. The van der Waals surface area contributed by atoms with E-state index >= 15 is 0 Å². The fourth-order valence-electron chi connectivity index (χ4n) is 1.60. The maximum absolute atomic E-state index is 11.9. The maximum atomic E-state index is 11.9. The number of carbonyl (C=O) groups is 3. The predicted molar refractivity (Wildman–Crippen MR) is 66.0 cm³/mol. The van der Waals surface area contributed by atoms with E-state index in [1.165, 1.54) is 23.8 Å². The molecule has 0 aliphatic heterocycles. The van der Waals surface area contributed by atoms with E-state index in [9.17, 15) is 14.4 Å². The van der Waals surface area contributed by atoms with Gasteiger partial charge in [0.2, 0.25) is 0 Å². The number of rotatable bonds is 6. The number of carboxylic acids is 1. The molecule has 1 rings (SSSR count). The minimum atomic E-state index is -1.22. The zero-order chi connectivity index (χ0) is 14.6. The van der Waals surface area contributed by atoms with E-state index in [1.54, 1.807) is 7.05 Å². The summed E-state index contributed by atoms with van der Waals surface area (Å²) in [7, 11) is 1.59. The molecule has 1 amide bonds. The van der Waals surface area contributed by atoms with Crippen LogP contribution in [0.15, 0.2) is 12.3 Å². The molecule has 3 N–H and O–H groups in total. The standard InChI is InChI=1S/C12H16N2O5/c1-7(16)8-5-10(14(2)6-8)11(17)13-9(3-4-15)12(18)19/h5-6,9,15H,3-4H2,1-2H3,(H,13,17)(H,18,19)/t9-/m0/s1. The number of aliphatic hydroxyl groups excluding tert-OH is 1. The Hall–Kier alpha value is -2.15. The summed E-state index contributed by atoms with van der Waals surface area (Å²) in [6, 6.07) is 0.239. The second-order valence-corrected chi connectivity index (χ2v) is 4.16. The van der Waals surface area contributed by atoms with Gasteiger partial charge in [0.15, 0.2) is 5.78 Å². The summed E-state index contributed by atoms with van der Waals surface area (Å²) >= 11 is 0. The van der Waals surface area contributed by atoms with Crippen molar-refractivity contribution in [3.8, 4) is 0 Å². The van der Waals surface area contributed by atoms with Crippen LogP contribution in [-0.4, -0.2) is 45.1 Å². The van der Waals surface area contributed by atoms with Gasteiger partial charge in [-0.05, 0) is 13.0 Å². The normalized spacial score (nSPS) is 11.9. The van der Waals surface area contributed by atoms with E-state index in [4.69, 9.17) is 10.2 Å². The van der Waals surface area contributed by atoms with Crippen molar-refractivity contribution in [3.05, 3.63) is 23.5 Å². The second kappa shape index (κ2) is 6.14. The van der Waals surface area contributed by atoms with Gasteiger partial charge in [-0.25, -0.2) is 4.79 Å². The number of Topliss-reactive ketones (excluding diaryl/α,β-unsaturated/α-hetero) is 1. The highest BCUT2D eigenvalue weighted by atomic mass is 16.4. The number of aliphatic hydroxyl groups is 1. The van der Waals surface area contributed by atoms with Crippen LogP contribution in [0.2, 0.25) is 0 Å². The molecule has 0 saturated heterocycles. The highest BCUT2D eigenvalue weighted by Gasteiger charge is 2.22. The molecule has 0 aromatic carbocycles. The molecule has 0 unspecified atom stereocenters. The molecule has 19 heavy (non-hydrogen) atoms. The number of aliphatic carboxylic acids is 1. The number of carboxylic acid groups (broad SMARTS) is 1. The van der Waals surface area contributed by atoms with Crippen molar-refractivity contribution in [1.29, 1.82) is 0 Å². The fourth-order valence-corrected chi connectivity index (χ4v) is 1.60. The quantitative estimate of drug-likeness (QED) is 0.619. The van der Waals surface area contributed by atoms with Crippen LogP contribution in [0.1, 0.15) is 34.2 Å². The Balaban J connectivity index is 2.88. The van der Waals surface area contributed by atoms with Crippen molar-refractivity contribution in [1.82, 2.24) is 9.88 Å². The Labute approximate surface area is 109 Å². The minimum Gasteiger partial charge on any atom is -0.480 e. The van der Waals surface area contributed by atoms with Crippen molar-refractivity contribution in [2.75, 3.05) is 6.61 Å². The van der Waals surface area contributed by atoms with E-state index < -0.39 is 17.9 Å². The Morgan fingerprint density at radius 3 is 2.47 bits per heavy atom. The zero-order valence-electron chi connectivity index (χ0n) is 10.7. The Kier molecular flexibility index (Phi) is 4.82. The SMILES string of the molecule is CC(=O)c1cc(C(=O)N[C@@H](CCO)C(=O)O)n(C)c1. The lowest BCUT2D eigenvalue weighted by atomic mass is 10.2. The largest absolute Gasteiger partial charge is 0.480 e. The molecule has 0 saturated carbocycles. The molecule has 1 aromatic heterocycles. The highest BCUT2D eigenvalue weighted by molar-refractivity contribution is 6.00. The van der Waals surface area contributed by atoms with Gasteiger partial charge in [-0.15, -0.1) is 0 Å². The zero-order valence-corrected chi connectivity index (χ0v) is 10.7. The van der Waals surface area contributed by atoms with Gasteiger partial charge in [0.05, 0.1) is 0 Å². The number of aromatic nitrogens is 1. The number of nitrogens with zero attached hydrogens (tertiary/aromatic N) is 1. The summed E-state index contributed by atoms with van der Waals surface area (Å²) in [5.74, 6) is -2.00. The molecule has 0 bridgehead atoms. The van der Waals surface area contributed by atoms with E-state index in [0.717, 1.165) is 0 Å². The molecule has 0 radical (unpaired) electrons. The van der Waals surface area contributed by atoms with E-state index in [2.05, 4.69) is 5.32 Å². The number of nitrogens with one attached hydrogen (secondary N) is 1. The molecule has 1 aromatic rings. The first-order valence-corrected chi connectivity index (χ1v) is 5.68. The number of aryl methyl sites for hydroxylation is 1.